The van der Waals surface area contributed by atoms with Crippen molar-refractivity contribution in [2.75, 3.05) is 44.2 Å². The Bertz CT molecular complexity index is 1300. The Morgan fingerprint density at radius 3 is 2.57 bits per heavy atom. The summed E-state index contributed by atoms with van der Waals surface area (Å²) in [6, 6.07) is 10.9. The number of aromatic nitrogens is 4. The van der Waals surface area contributed by atoms with E-state index >= 15 is 0 Å². The van der Waals surface area contributed by atoms with Gasteiger partial charge in [-0.15, -0.1) is 5.10 Å². The van der Waals surface area contributed by atoms with E-state index < -0.39 is 10.0 Å². The van der Waals surface area contributed by atoms with Crippen LogP contribution < -0.4 is 4.90 Å². The highest BCUT2D eigenvalue weighted by molar-refractivity contribution is 7.89. The number of amides is 1. The average Bonchev–Trinajstić information content (AvgIpc) is 3.33. The van der Waals surface area contributed by atoms with Crippen molar-refractivity contribution in [3.8, 4) is 0 Å². The van der Waals surface area contributed by atoms with E-state index in [1.54, 1.807) is 29.1 Å². The smallest absolute Gasteiger partial charge is 0.243 e. The van der Waals surface area contributed by atoms with Crippen LogP contribution in [-0.4, -0.2) is 82.8 Å². The van der Waals surface area contributed by atoms with Gasteiger partial charge in [0.2, 0.25) is 15.9 Å². The van der Waals surface area contributed by atoms with Crippen LogP contribution in [0.1, 0.15) is 32.7 Å². The zero-order valence-corrected chi connectivity index (χ0v) is 20.9. The fourth-order valence-corrected chi connectivity index (χ4v) is 6.47. The molecule has 4 heterocycles. The minimum Gasteiger partial charge on any atom is -0.353 e. The molecule has 1 aromatic carbocycles. The number of anilines is 1. The molecule has 0 radical (unpaired) electrons. The maximum Gasteiger partial charge on any atom is 0.243 e. The van der Waals surface area contributed by atoms with Crippen LogP contribution >= 0.6 is 0 Å². The molecule has 2 aliphatic rings. The molecule has 1 amide bonds. The third kappa shape index (κ3) is 4.62. The van der Waals surface area contributed by atoms with Crippen molar-refractivity contribution in [2.45, 2.75) is 37.6 Å². The van der Waals surface area contributed by atoms with Gasteiger partial charge in [-0.3, -0.25) is 4.79 Å². The predicted octanol–water partition coefficient (Wildman–Crippen LogP) is 2.16. The fraction of sp³-hybridized carbons (Fsp3) is 0.500. The first-order valence-electron chi connectivity index (χ1n) is 12.1. The Hall–Kier alpha value is -3.05. The maximum absolute atomic E-state index is 13.4. The van der Waals surface area contributed by atoms with Gasteiger partial charge in [0.15, 0.2) is 0 Å². The summed E-state index contributed by atoms with van der Waals surface area (Å²) in [6.07, 6.45) is 3.14. The largest absolute Gasteiger partial charge is 0.353 e. The Balaban J connectivity index is 1.26. The van der Waals surface area contributed by atoms with Crippen molar-refractivity contribution < 1.29 is 13.2 Å². The molecule has 3 aromatic rings. The first-order chi connectivity index (χ1) is 16.8. The van der Waals surface area contributed by atoms with Gasteiger partial charge in [0.1, 0.15) is 11.3 Å². The second-order valence-corrected chi connectivity index (χ2v) is 11.4. The Kier molecular flexibility index (Phi) is 6.45. The number of sulfonamides is 1. The summed E-state index contributed by atoms with van der Waals surface area (Å²) in [5.74, 6) is 0.631. The van der Waals surface area contributed by atoms with E-state index in [2.05, 4.69) is 20.2 Å². The molecule has 2 fully saturated rings. The van der Waals surface area contributed by atoms with E-state index in [1.807, 2.05) is 36.9 Å². The Labute approximate surface area is 205 Å². The molecule has 2 aliphatic heterocycles. The highest BCUT2D eigenvalue weighted by Gasteiger charge is 2.36. The monoisotopic (exact) mass is 497 g/mol. The van der Waals surface area contributed by atoms with Crippen LogP contribution in [0.25, 0.3) is 11.0 Å². The molecule has 2 aromatic heterocycles. The van der Waals surface area contributed by atoms with E-state index in [-0.39, 0.29) is 29.3 Å². The molecule has 186 valence electrons. The summed E-state index contributed by atoms with van der Waals surface area (Å²) in [5, 5.41) is 8.30. The summed E-state index contributed by atoms with van der Waals surface area (Å²) < 4.78 is 30.1. The minimum atomic E-state index is -3.74. The zero-order chi connectivity index (χ0) is 24.6. The molecule has 0 N–H and O–H groups in total. The van der Waals surface area contributed by atoms with Gasteiger partial charge in [-0.25, -0.2) is 18.1 Å². The normalized spacial score (nSPS) is 20.0. The SMILES string of the molecule is CC(C)n1nnc2cc(S(=O)(=O)N3CCCC(C(=O)N4CCN(c5ccccn5)CC4)C3)ccc21. The molecule has 5 rings (SSSR count). The van der Waals surface area contributed by atoms with Crippen LogP contribution in [0.4, 0.5) is 5.82 Å². The van der Waals surface area contributed by atoms with E-state index in [0.29, 0.717) is 51.1 Å². The lowest BCUT2D eigenvalue weighted by molar-refractivity contribution is -0.137. The predicted molar refractivity (Wildman–Crippen MR) is 132 cm³/mol. The number of carbonyl (C=O) groups excluding carboxylic acids is 1. The third-order valence-electron chi connectivity index (χ3n) is 6.87. The van der Waals surface area contributed by atoms with E-state index in [0.717, 1.165) is 11.3 Å². The summed E-state index contributed by atoms with van der Waals surface area (Å²) in [6.45, 7) is 7.28. The van der Waals surface area contributed by atoms with E-state index in [4.69, 9.17) is 0 Å². The van der Waals surface area contributed by atoms with Gasteiger partial charge >= 0.3 is 0 Å². The number of carbonyl (C=O) groups is 1. The second kappa shape index (κ2) is 9.54. The van der Waals surface area contributed by atoms with Crippen molar-refractivity contribution in [1.82, 2.24) is 29.2 Å². The summed E-state index contributed by atoms with van der Waals surface area (Å²) in [4.78, 5) is 21.9. The minimum absolute atomic E-state index is 0.0425. The lowest BCUT2D eigenvalue weighted by atomic mass is 9.98. The average molecular weight is 498 g/mol. The van der Waals surface area contributed by atoms with Gasteiger partial charge in [-0.2, -0.15) is 4.31 Å². The van der Waals surface area contributed by atoms with Crippen molar-refractivity contribution in [1.29, 1.82) is 0 Å². The molecule has 0 saturated carbocycles. The summed E-state index contributed by atoms with van der Waals surface area (Å²) in [7, 11) is -3.74. The number of hydrogen-bond donors (Lipinski definition) is 0. The number of fused-ring (bicyclic) bond motifs is 1. The zero-order valence-electron chi connectivity index (χ0n) is 20.1. The van der Waals surface area contributed by atoms with Crippen LogP contribution in [0.2, 0.25) is 0 Å². The molecule has 10 nitrogen and oxygen atoms in total. The first kappa shape index (κ1) is 23.7. The van der Waals surface area contributed by atoms with Gasteiger partial charge in [0.25, 0.3) is 0 Å². The Morgan fingerprint density at radius 2 is 1.86 bits per heavy atom. The molecule has 11 heteroatoms. The number of rotatable bonds is 5. The first-order valence-corrected chi connectivity index (χ1v) is 13.6. The standard InChI is InChI=1S/C24H31N7O3S/c1-18(2)31-22-9-8-20(16-21(22)26-27-31)35(33,34)30-11-5-6-19(17-30)24(32)29-14-12-28(13-15-29)23-7-3-4-10-25-23/h3-4,7-10,16,18-19H,5-6,11-15,17H2,1-2H3. The lowest BCUT2D eigenvalue weighted by Crippen LogP contribution is -2.53. The van der Waals surface area contributed by atoms with Crippen molar-refractivity contribution in [3.63, 3.8) is 0 Å². The molecule has 0 spiro atoms. The molecule has 0 bridgehead atoms. The molecular formula is C24H31N7O3S. The fourth-order valence-electron chi connectivity index (χ4n) is 4.93. The molecule has 1 atom stereocenters. The van der Waals surface area contributed by atoms with Gasteiger partial charge in [-0.1, -0.05) is 11.3 Å². The Morgan fingerprint density at radius 1 is 1.06 bits per heavy atom. The van der Waals surface area contributed by atoms with Gasteiger partial charge in [0, 0.05) is 51.5 Å². The van der Waals surface area contributed by atoms with Gasteiger partial charge in [-0.05, 0) is 57.0 Å². The van der Waals surface area contributed by atoms with Crippen molar-refractivity contribution in [3.05, 3.63) is 42.6 Å². The van der Waals surface area contributed by atoms with Crippen LogP contribution in [0.5, 0.6) is 0 Å². The molecule has 35 heavy (non-hydrogen) atoms. The van der Waals surface area contributed by atoms with Gasteiger partial charge < -0.3 is 9.80 Å². The van der Waals surface area contributed by atoms with Crippen LogP contribution in [0.15, 0.2) is 47.5 Å². The quantitative estimate of drug-likeness (QED) is 0.532. The van der Waals surface area contributed by atoms with Crippen molar-refractivity contribution in [2.24, 2.45) is 5.92 Å². The van der Waals surface area contributed by atoms with Crippen LogP contribution in [0.3, 0.4) is 0 Å². The maximum atomic E-state index is 13.4. The number of benzene rings is 1. The van der Waals surface area contributed by atoms with Crippen molar-refractivity contribution >= 4 is 32.8 Å². The number of piperidine rings is 1. The molecule has 2 saturated heterocycles. The molecular weight excluding hydrogens is 466 g/mol. The molecule has 1 unspecified atom stereocenters. The highest BCUT2D eigenvalue weighted by Crippen LogP contribution is 2.27. The number of nitrogens with zero attached hydrogens (tertiary/aromatic N) is 7. The lowest BCUT2D eigenvalue weighted by Gasteiger charge is -2.39. The molecule has 0 aliphatic carbocycles. The van der Waals surface area contributed by atoms with E-state index in [9.17, 15) is 13.2 Å². The highest BCUT2D eigenvalue weighted by atomic mass is 32.2. The van der Waals surface area contributed by atoms with E-state index in [1.165, 1.54) is 4.31 Å². The summed E-state index contributed by atoms with van der Waals surface area (Å²) in [5.41, 5.74) is 1.35. The number of piperazine rings is 1. The van der Waals surface area contributed by atoms with Crippen LogP contribution in [-0.2, 0) is 14.8 Å². The van der Waals surface area contributed by atoms with Gasteiger partial charge in [0.05, 0.1) is 16.3 Å². The number of pyridine rings is 1. The summed E-state index contributed by atoms with van der Waals surface area (Å²) >= 11 is 0. The van der Waals surface area contributed by atoms with Crippen LogP contribution in [0, 0.1) is 5.92 Å². The third-order valence-corrected chi connectivity index (χ3v) is 8.73. The topological polar surface area (TPSA) is 105 Å². The number of hydrogen-bond acceptors (Lipinski definition) is 7. The second-order valence-electron chi connectivity index (χ2n) is 9.48.